The molecule has 0 atom stereocenters. The first-order chi connectivity index (χ1) is 19.8. The smallest absolute Gasteiger partial charge is 0.356 e. The van der Waals surface area contributed by atoms with Crippen LogP contribution in [0.1, 0.15) is 35.5 Å². The van der Waals surface area contributed by atoms with E-state index in [4.69, 9.17) is 23.9 Å². The summed E-state index contributed by atoms with van der Waals surface area (Å²) in [5.74, 6) is 1.02. The first-order valence-electron chi connectivity index (χ1n) is 13.3. The lowest BCUT2D eigenvalue weighted by Gasteiger charge is -2.16. The first-order valence-corrected chi connectivity index (χ1v) is 13.3. The van der Waals surface area contributed by atoms with Gasteiger partial charge in [0.25, 0.3) is 0 Å². The molecule has 0 aliphatic rings. The molecule has 216 valence electrons. The number of nitrogens with zero attached hydrogens (tertiary/aromatic N) is 2. The number of hydrogen-bond acceptors (Lipinski definition) is 8. The van der Waals surface area contributed by atoms with Crippen LogP contribution in [0, 0.1) is 5.92 Å². The maximum Gasteiger partial charge on any atom is 0.356 e. The summed E-state index contributed by atoms with van der Waals surface area (Å²) in [6.07, 6.45) is 1.85. The summed E-state index contributed by atoms with van der Waals surface area (Å²) in [5.41, 5.74) is 3.58. The van der Waals surface area contributed by atoms with Gasteiger partial charge in [0.1, 0.15) is 5.65 Å². The molecule has 0 unspecified atom stereocenters. The van der Waals surface area contributed by atoms with Crippen molar-refractivity contribution in [2.45, 2.75) is 33.4 Å². The molecular weight excluding hydrogens is 524 g/mol. The first kappa shape index (κ1) is 29.3. The quantitative estimate of drug-likeness (QED) is 0.225. The predicted octanol–water partition coefficient (Wildman–Crippen LogP) is 5.30. The van der Waals surface area contributed by atoms with Crippen LogP contribution in [0.25, 0.3) is 11.0 Å². The summed E-state index contributed by atoms with van der Waals surface area (Å²) in [6.45, 7) is 5.00. The van der Waals surface area contributed by atoms with Crippen molar-refractivity contribution < 1.29 is 28.5 Å². The van der Waals surface area contributed by atoms with E-state index in [0.29, 0.717) is 52.7 Å². The van der Waals surface area contributed by atoms with Gasteiger partial charge in [-0.15, -0.1) is 0 Å². The molecule has 0 spiro atoms. The highest BCUT2D eigenvalue weighted by molar-refractivity contribution is 6.11. The number of carbonyl (C=O) groups excluding carboxylic acids is 2. The second-order valence-electron chi connectivity index (χ2n) is 9.87. The van der Waals surface area contributed by atoms with Crippen molar-refractivity contribution >= 4 is 34.3 Å². The maximum atomic E-state index is 13.2. The minimum absolute atomic E-state index is 0.156. The van der Waals surface area contributed by atoms with E-state index in [1.54, 1.807) is 27.5 Å². The fourth-order valence-electron chi connectivity index (χ4n) is 4.76. The molecule has 4 aromatic rings. The lowest BCUT2D eigenvalue weighted by Crippen LogP contribution is -2.19. The van der Waals surface area contributed by atoms with Crippen LogP contribution in [0.15, 0.2) is 54.7 Å². The van der Waals surface area contributed by atoms with Gasteiger partial charge in [0, 0.05) is 24.0 Å². The third-order valence-electron chi connectivity index (χ3n) is 6.57. The van der Waals surface area contributed by atoms with E-state index in [1.165, 1.54) is 7.11 Å². The summed E-state index contributed by atoms with van der Waals surface area (Å²) in [6, 6.07) is 15.0. The molecule has 41 heavy (non-hydrogen) atoms. The Kier molecular flexibility index (Phi) is 9.34. The second kappa shape index (κ2) is 13.1. The van der Waals surface area contributed by atoms with Crippen molar-refractivity contribution in [2.75, 3.05) is 39.1 Å². The number of benzene rings is 2. The number of methoxy groups -OCH3 is 4. The van der Waals surface area contributed by atoms with Gasteiger partial charge in [0.05, 0.1) is 52.4 Å². The standard InChI is InChI=1S/C31H36N4O6/c1-19(2)18-35-27(31(37)41-6)26(34-25(36)14-20-10-8-7-9-11-20)23-15-22(17-33-30(23)35)32-16-21-12-13-24(38-3)29(40-5)28(21)39-4/h7-13,15,17,19,32H,14,16,18H2,1-6H3,(H,34,36). The van der Waals surface area contributed by atoms with Crippen LogP contribution in [0.5, 0.6) is 17.2 Å². The van der Waals surface area contributed by atoms with E-state index in [-0.39, 0.29) is 23.9 Å². The summed E-state index contributed by atoms with van der Waals surface area (Å²) < 4.78 is 23.5. The number of rotatable bonds is 12. The van der Waals surface area contributed by atoms with E-state index in [2.05, 4.69) is 10.6 Å². The SMILES string of the molecule is COC(=O)c1c(NC(=O)Cc2ccccc2)c2cc(NCc3ccc(OC)c(OC)c3OC)cnc2n1CC(C)C. The van der Waals surface area contributed by atoms with Crippen molar-refractivity contribution in [1.29, 1.82) is 0 Å². The predicted molar refractivity (Wildman–Crippen MR) is 158 cm³/mol. The van der Waals surface area contributed by atoms with Crippen LogP contribution in [0.2, 0.25) is 0 Å². The molecule has 2 N–H and O–H groups in total. The number of amides is 1. The number of hydrogen-bond donors (Lipinski definition) is 2. The summed E-state index contributed by atoms with van der Waals surface area (Å²) in [4.78, 5) is 30.9. The molecule has 10 heteroatoms. The summed E-state index contributed by atoms with van der Waals surface area (Å²) >= 11 is 0. The Hall–Kier alpha value is -4.73. The fraction of sp³-hybridized carbons (Fsp3) is 0.323. The molecule has 2 aromatic heterocycles. The average molecular weight is 561 g/mol. The third-order valence-corrected chi connectivity index (χ3v) is 6.57. The highest BCUT2D eigenvalue weighted by atomic mass is 16.5. The van der Waals surface area contributed by atoms with Gasteiger partial charge in [-0.1, -0.05) is 44.2 Å². The highest BCUT2D eigenvalue weighted by Gasteiger charge is 2.27. The van der Waals surface area contributed by atoms with Gasteiger partial charge in [-0.25, -0.2) is 9.78 Å². The minimum atomic E-state index is -0.553. The van der Waals surface area contributed by atoms with Gasteiger partial charge in [0.2, 0.25) is 11.7 Å². The fourth-order valence-corrected chi connectivity index (χ4v) is 4.76. The largest absolute Gasteiger partial charge is 0.493 e. The molecular formula is C31H36N4O6. The Balaban J connectivity index is 1.74. The van der Waals surface area contributed by atoms with Crippen LogP contribution in [0.4, 0.5) is 11.4 Å². The summed E-state index contributed by atoms with van der Waals surface area (Å²) in [5, 5.41) is 6.97. The number of ether oxygens (including phenoxy) is 4. The Morgan fingerprint density at radius 2 is 1.68 bits per heavy atom. The van der Waals surface area contributed by atoms with E-state index >= 15 is 0 Å². The van der Waals surface area contributed by atoms with Gasteiger partial charge in [0.15, 0.2) is 17.2 Å². The van der Waals surface area contributed by atoms with Gasteiger partial charge < -0.3 is 34.1 Å². The van der Waals surface area contributed by atoms with Gasteiger partial charge in [-0.3, -0.25) is 4.79 Å². The number of anilines is 2. The summed E-state index contributed by atoms with van der Waals surface area (Å²) in [7, 11) is 6.03. The highest BCUT2D eigenvalue weighted by Crippen LogP contribution is 2.40. The number of nitrogens with one attached hydrogen (secondary N) is 2. The van der Waals surface area contributed by atoms with Gasteiger partial charge >= 0.3 is 5.97 Å². The molecule has 1 amide bonds. The third kappa shape index (κ3) is 6.37. The van der Waals surface area contributed by atoms with E-state index < -0.39 is 5.97 Å². The number of aromatic nitrogens is 2. The minimum Gasteiger partial charge on any atom is -0.493 e. The molecule has 0 aliphatic heterocycles. The molecule has 0 fully saturated rings. The molecule has 0 bridgehead atoms. The second-order valence-corrected chi connectivity index (χ2v) is 9.87. The topological polar surface area (TPSA) is 113 Å². The molecule has 2 aromatic carbocycles. The number of fused-ring (bicyclic) bond motifs is 1. The maximum absolute atomic E-state index is 13.2. The normalized spacial score (nSPS) is 10.9. The number of esters is 1. The van der Waals surface area contributed by atoms with Crippen molar-refractivity contribution in [3.8, 4) is 17.2 Å². The van der Waals surface area contributed by atoms with E-state index in [9.17, 15) is 9.59 Å². The molecule has 2 heterocycles. The van der Waals surface area contributed by atoms with Crippen LogP contribution >= 0.6 is 0 Å². The Labute approximate surface area is 239 Å². The van der Waals surface area contributed by atoms with Gasteiger partial charge in [-0.2, -0.15) is 0 Å². The van der Waals surface area contributed by atoms with Crippen LogP contribution < -0.4 is 24.8 Å². The monoisotopic (exact) mass is 560 g/mol. The van der Waals surface area contributed by atoms with E-state index in [0.717, 1.165) is 11.1 Å². The van der Waals surface area contributed by atoms with Crippen molar-refractivity contribution in [1.82, 2.24) is 9.55 Å². The van der Waals surface area contributed by atoms with Crippen LogP contribution in [0.3, 0.4) is 0 Å². The molecule has 0 saturated carbocycles. The van der Waals surface area contributed by atoms with Crippen molar-refractivity contribution in [3.63, 3.8) is 0 Å². The Bertz CT molecular complexity index is 1530. The zero-order valence-electron chi connectivity index (χ0n) is 24.2. The average Bonchev–Trinajstić information content (AvgIpc) is 3.26. The van der Waals surface area contributed by atoms with Crippen LogP contribution in [-0.2, 0) is 29.0 Å². The molecule has 10 nitrogen and oxygen atoms in total. The zero-order chi connectivity index (χ0) is 29.5. The molecule has 0 aliphatic carbocycles. The lowest BCUT2D eigenvalue weighted by molar-refractivity contribution is -0.115. The van der Waals surface area contributed by atoms with E-state index in [1.807, 2.05) is 66.9 Å². The lowest BCUT2D eigenvalue weighted by atomic mass is 10.1. The van der Waals surface area contributed by atoms with Gasteiger partial charge in [-0.05, 0) is 29.7 Å². The Morgan fingerprint density at radius 3 is 2.32 bits per heavy atom. The number of pyridine rings is 1. The molecule has 0 radical (unpaired) electrons. The molecule has 4 rings (SSSR count). The van der Waals surface area contributed by atoms with Crippen molar-refractivity contribution in [3.05, 3.63) is 71.5 Å². The molecule has 0 saturated heterocycles. The Morgan fingerprint density at radius 1 is 0.951 bits per heavy atom. The van der Waals surface area contributed by atoms with Crippen LogP contribution in [-0.4, -0.2) is 49.9 Å². The van der Waals surface area contributed by atoms with Crippen molar-refractivity contribution in [2.24, 2.45) is 5.92 Å². The number of carbonyl (C=O) groups is 2. The zero-order valence-corrected chi connectivity index (χ0v) is 24.2.